The van der Waals surface area contributed by atoms with Crippen LogP contribution in [0.15, 0.2) is 0 Å². The molecule has 0 radical (unpaired) electrons. The van der Waals surface area contributed by atoms with Crippen molar-refractivity contribution in [3.05, 3.63) is 0 Å². The first-order valence-corrected chi connectivity index (χ1v) is 9.21. The van der Waals surface area contributed by atoms with Gasteiger partial charge in [-0.25, -0.2) is 0 Å². The van der Waals surface area contributed by atoms with Crippen molar-refractivity contribution in [2.45, 2.75) is 26.8 Å². The van der Waals surface area contributed by atoms with Gasteiger partial charge in [0.25, 0.3) is 0 Å². The van der Waals surface area contributed by atoms with E-state index in [1.54, 1.807) is 0 Å². The number of hydrogen-bond donors (Lipinski definition) is 3. The van der Waals surface area contributed by atoms with Crippen molar-refractivity contribution in [1.82, 2.24) is 10.6 Å². The van der Waals surface area contributed by atoms with Gasteiger partial charge in [0, 0.05) is 52.0 Å². The van der Waals surface area contributed by atoms with Gasteiger partial charge >= 0.3 is 8.80 Å². The second-order valence-corrected chi connectivity index (χ2v) is 6.75. The summed E-state index contributed by atoms with van der Waals surface area (Å²) in [6.45, 7) is 12.0. The molecule has 0 unspecified atom stereocenters. The van der Waals surface area contributed by atoms with Gasteiger partial charge in [0.2, 0.25) is 0 Å². The Bertz CT molecular complexity index is 182. The molecule has 19 heavy (non-hydrogen) atoms. The molecule has 6 nitrogen and oxygen atoms in total. The van der Waals surface area contributed by atoms with Crippen LogP contribution >= 0.6 is 0 Å². The lowest BCUT2D eigenvalue weighted by Crippen LogP contribution is -2.48. The summed E-state index contributed by atoms with van der Waals surface area (Å²) >= 11 is 0. The lowest BCUT2D eigenvalue weighted by atomic mass is 10.5. The zero-order valence-electron chi connectivity index (χ0n) is 12.7. The van der Waals surface area contributed by atoms with Crippen molar-refractivity contribution in [2.24, 2.45) is 5.73 Å². The molecule has 0 rings (SSSR count). The van der Waals surface area contributed by atoms with Crippen molar-refractivity contribution in [2.75, 3.05) is 52.5 Å². The van der Waals surface area contributed by atoms with Crippen LogP contribution in [0.1, 0.15) is 20.8 Å². The van der Waals surface area contributed by atoms with Crippen LogP contribution in [0.5, 0.6) is 0 Å². The summed E-state index contributed by atoms with van der Waals surface area (Å²) in [5.74, 6) is 0. The molecule has 116 valence electrons. The molecule has 0 aromatic carbocycles. The Hall–Kier alpha value is -0.0231. The molecule has 0 atom stereocenters. The molecule has 0 amide bonds. The van der Waals surface area contributed by atoms with Gasteiger partial charge in [-0.05, 0) is 27.3 Å². The highest BCUT2D eigenvalue weighted by Crippen LogP contribution is 2.15. The molecule has 7 heteroatoms. The minimum Gasteiger partial charge on any atom is -0.374 e. The van der Waals surface area contributed by atoms with Crippen molar-refractivity contribution < 1.29 is 13.3 Å². The van der Waals surface area contributed by atoms with E-state index >= 15 is 0 Å². The molecule has 0 aliphatic carbocycles. The molecule has 0 aromatic heterocycles. The van der Waals surface area contributed by atoms with Crippen LogP contribution in [-0.2, 0) is 13.3 Å². The van der Waals surface area contributed by atoms with Crippen molar-refractivity contribution >= 4 is 8.80 Å². The lowest BCUT2D eigenvalue weighted by molar-refractivity contribution is 0.0714. The zero-order chi connectivity index (χ0) is 14.4. The SMILES string of the molecule is CCO[Si](CCNCCNCCN)(OCC)OCC. The number of hydrogen-bond acceptors (Lipinski definition) is 6. The first-order chi connectivity index (χ1) is 9.24. The summed E-state index contributed by atoms with van der Waals surface area (Å²) in [6.07, 6.45) is 0. The molecular formula is C12H31N3O3Si. The van der Waals surface area contributed by atoms with Crippen LogP contribution in [0.2, 0.25) is 6.04 Å². The van der Waals surface area contributed by atoms with Crippen LogP contribution < -0.4 is 16.4 Å². The van der Waals surface area contributed by atoms with Gasteiger partial charge in [0.15, 0.2) is 0 Å². The molecule has 0 aliphatic rings. The minimum atomic E-state index is -2.47. The molecule has 0 heterocycles. The quantitative estimate of drug-likeness (QED) is 0.313. The van der Waals surface area contributed by atoms with E-state index in [0.717, 1.165) is 32.2 Å². The standard InChI is InChI=1S/C12H31N3O3Si/c1-4-16-19(17-5-2,18-6-3)12-11-15-10-9-14-8-7-13/h14-15H,4-13H2,1-3H3. The van der Waals surface area contributed by atoms with Crippen LogP contribution in [0, 0.1) is 0 Å². The van der Waals surface area contributed by atoms with Gasteiger partial charge in [-0.3, -0.25) is 0 Å². The maximum Gasteiger partial charge on any atom is 0.502 e. The Morgan fingerprint density at radius 3 is 1.68 bits per heavy atom. The summed E-state index contributed by atoms with van der Waals surface area (Å²) in [5.41, 5.74) is 5.40. The van der Waals surface area contributed by atoms with Gasteiger partial charge in [-0.2, -0.15) is 0 Å². The summed E-state index contributed by atoms with van der Waals surface area (Å²) < 4.78 is 17.3. The second-order valence-electron chi connectivity index (χ2n) is 4.02. The Morgan fingerprint density at radius 1 is 0.789 bits per heavy atom. The van der Waals surface area contributed by atoms with E-state index < -0.39 is 8.80 Å². The molecule has 0 bridgehead atoms. The van der Waals surface area contributed by atoms with Crippen LogP contribution in [0.25, 0.3) is 0 Å². The van der Waals surface area contributed by atoms with Crippen molar-refractivity contribution in [3.63, 3.8) is 0 Å². The van der Waals surface area contributed by atoms with Gasteiger partial charge in [0.1, 0.15) is 0 Å². The normalized spacial score (nSPS) is 12.0. The summed E-state index contributed by atoms with van der Waals surface area (Å²) in [5, 5.41) is 6.60. The Kier molecular flexibility index (Phi) is 13.0. The fourth-order valence-electron chi connectivity index (χ4n) is 1.77. The van der Waals surface area contributed by atoms with Gasteiger partial charge < -0.3 is 29.6 Å². The lowest BCUT2D eigenvalue weighted by Gasteiger charge is -2.28. The average molecular weight is 293 g/mol. The van der Waals surface area contributed by atoms with Crippen LogP contribution in [0.4, 0.5) is 0 Å². The highest BCUT2D eigenvalue weighted by atomic mass is 28.4. The van der Waals surface area contributed by atoms with Crippen LogP contribution in [0.3, 0.4) is 0 Å². The van der Waals surface area contributed by atoms with Gasteiger partial charge in [-0.15, -0.1) is 0 Å². The zero-order valence-corrected chi connectivity index (χ0v) is 13.7. The van der Waals surface area contributed by atoms with Crippen molar-refractivity contribution in [1.29, 1.82) is 0 Å². The molecule has 0 saturated heterocycles. The number of rotatable bonds is 14. The summed E-state index contributed by atoms with van der Waals surface area (Å²) in [6, 6.07) is 0.805. The van der Waals surface area contributed by atoms with E-state index in [-0.39, 0.29) is 0 Å². The maximum atomic E-state index is 5.78. The van der Waals surface area contributed by atoms with E-state index in [1.165, 1.54) is 0 Å². The summed E-state index contributed by atoms with van der Waals surface area (Å²) in [4.78, 5) is 0. The highest BCUT2D eigenvalue weighted by Gasteiger charge is 2.39. The Balaban J connectivity index is 3.89. The molecular weight excluding hydrogens is 262 g/mol. The third kappa shape index (κ3) is 9.50. The van der Waals surface area contributed by atoms with Crippen molar-refractivity contribution in [3.8, 4) is 0 Å². The number of nitrogens with one attached hydrogen (secondary N) is 2. The maximum absolute atomic E-state index is 5.78. The van der Waals surface area contributed by atoms with E-state index in [9.17, 15) is 0 Å². The topological polar surface area (TPSA) is 77.8 Å². The fourth-order valence-corrected chi connectivity index (χ4v) is 4.26. The Labute approximate surface area is 118 Å². The fraction of sp³-hybridized carbons (Fsp3) is 1.00. The molecule has 0 spiro atoms. The van der Waals surface area contributed by atoms with Gasteiger partial charge in [-0.1, -0.05) is 0 Å². The molecule has 0 fully saturated rings. The molecule has 0 saturated carbocycles. The van der Waals surface area contributed by atoms with E-state index in [4.69, 9.17) is 19.0 Å². The predicted octanol–water partition coefficient (Wildman–Crippen LogP) is 0.173. The predicted molar refractivity (Wildman–Crippen MR) is 80.2 cm³/mol. The molecule has 4 N–H and O–H groups in total. The molecule has 0 aliphatic heterocycles. The Morgan fingerprint density at radius 2 is 1.26 bits per heavy atom. The highest BCUT2D eigenvalue weighted by molar-refractivity contribution is 6.60. The largest absolute Gasteiger partial charge is 0.502 e. The third-order valence-corrected chi connectivity index (χ3v) is 5.55. The van der Waals surface area contributed by atoms with E-state index in [0.29, 0.717) is 26.4 Å². The third-order valence-electron chi connectivity index (χ3n) is 2.50. The summed E-state index contributed by atoms with van der Waals surface area (Å²) in [7, 11) is -2.47. The smallest absolute Gasteiger partial charge is 0.374 e. The number of nitrogens with two attached hydrogens (primary N) is 1. The van der Waals surface area contributed by atoms with E-state index in [2.05, 4.69) is 10.6 Å². The molecule has 0 aromatic rings. The second kappa shape index (κ2) is 13.0. The monoisotopic (exact) mass is 293 g/mol. The average Bonchev–Trinajstić information content (AvgIpc) is 2.39. The van der Waals surface area contributed by atoms with Crippen LogP contribution in [-0.4, -0.2) is 61.3 Å². The van der Waals surface area contributed by atoms with E-state index in [1.807, 2.05) is 20.8 Å². The first-order valence-electron chi connectivity index (χ1n) is 7.28. The minimum absolute atomic E-state index is 0.629. The van der Waals surface area contributed by atoms with Gasteiger partial charge in [0.05, 0.1) is 0 Å². The first kappa shape index (κ1) is 19.0.